The summed E-state index contributed by atoms with van der Waals surface area (Å²) < 4.78 is 12.0. The quantitative estimate of drug-likeness (QED) is 0.558. The smallest absolute Gasteiger partial charge is 0.253 e. The standard InChI is InChI=1S/C26H29ClN2O4S/c1-18(26(31)29-12-10-28(11-13-29)19(2)30)21-8-9-24(23(27)15-21)34-25-17-32-16-22(33-25)14-20-6-4-3-5-7-20/h3-9,15,22,25H,1,10-14,16-17H2,2H3. The zero-order valence-corrected chi connectivity index (χ0v) is 20.8. The SMILES string of the molecule is C=C(C(=O)N1CCN(C(C)=O)CC1)c1ccc(SC2COCC(Cc3ccccc3)O2)c(Cl)c1. The molecule has 0 aliphatic carbocycles. The Bertz CT molecular complexity index is 1040. The number of carbonyl (C=O) groups excluding carboxylic acids is 2. The van der Waals surface area contributed by atoms with E-state index in [1.165, 1.54) is 17.3 Å². The Hall–Kier alpha value is -2.32. The summed E-state index contributed by atoms with van der Waals surface area (Å²) in [5.41, 5.74) is 2.15. The van der Waals surface area contributed by atoms with Crippen LogP contribution in [0, 0.1) is 0 Å². The van der Waals surface area contributed by atoms with Crippen LogP contribution in [0.25, 0.3) is 5.57 Å². The summed E-state index contributed by atoms with van der Waals surface area (Å²) in [5, 5.41) is 0.548. The molecule has 8 heteroatoms. The molecule has 2 unspecified atom stereocenters. The summed E-state index contributed by atoms with van der Waals surface area (Å²) in [6.45, 7) is 8.70. The number of benzene rings is 2. The number of hydrogen-bond donors (Lipinski definition) is 0. The number of nitrogens with zero attached hydrogens (tertiary/aromatic N) is 2. The van der Waals surface area contributed by atoms with Crippen molar-refractivity contribution >= 4 is 40.8 Å². The average molecular weight is 501 g/mol. The fraction of sp³-hybridized carbons (Fsp3) is 0.385. The third kappa shape index (κ3) is 6.21. The van der Waals surface area contributed by atoms with E-state index in [1.54, 1.807) is 22.8 Å². The van der Waals surface area contributed by atoms with E-state index >= 15 is 0 Å². The van der Waals surface area contributed by atoms with Crippen molar-refractivity contribution in [3.05, 3.63) is 71.3 Å². The third-order valence-corrected chi connectivity index (χ3v) is 7.56. The van der Waals surface area contributed by atoms with Crippen LogP contribution in [0.1, 0.15) is 18.1 Å². The Morgan fingerprint density at radius 2 is 1.76 bits per heavy atom. The molecule has 2 aromatic carbocycles. The second-order valence-electron chi connectivity index (χ2n) is 8.45. The van der Waals surface area contributed by atoms with Gasteiger partial charge in [-0.25, -0.2) is 0 Å². The molecular weight excluding hydrogens is 472 g/mol. The van der Waals surface area contributed by atoms with E-state index in [1.807, 2.05) is 30.3 Å². The van der Waals surface area contributed by atoms with Crippen molar-refractivity contribution in [3.8, 4) is 0 Å². The third-order valence-electron chi connectivity index (χ3n) is 6.02. The van der Waals surface area contributed by atoms with Crippen LogP contribution in [0.3, 0.4) is 0 Å². The van der Waals surface area contributed by atoms with E-state index in [4.69, 9.17) is 21.1 Å². The molecule has 2 aromatic rings. The Morgan fingerprint density at radius 3 is 2.44 bits per heavy atom. The first-order chi connectivity index (χ1) is 16.4. The number of carbonyl (C=O) groups is 2. The van der Waals surface area contributed by atoms with Crippen LogP contribution in [-0.2, 0) is 25.5 Å². The Morgan fingerprint density at radius 1 is 1.06 bits per heavy atom. The number of halogens is 1. The number of ether oxygens (including phenoxy) is 2. The molecular formula is C26H29ClN2O4S. The average Bonchev–Trinajstić information content (AvgIpc) is 2.85. The Kier molecular flexibility index (Phi) is 8.32. The van der Waals surface area contributed by atoms with Gasteiger partial charge in [0.2, 0.25) is 5.91 Å². The van der Waals surface area contributed by atoms with Crippen molar-refractivity contribution in [2.24, 2.45) is 0 Å². The predicted octanol–water partition coefficient (Wildman–Crippen LogP) is 4.12. The van der Waals surface area contributed by atoms with Crippen LogP contribution in [0.5, 0.6) is 0 Å². The lowest BCUT2D eigenvalue weighted by molar-refractivity contribution is -0.135. The molecule has 2 aliphatic heterocycles. The van der Waals surface area contributed by atoms with Crippen molar-refractivity contribution in [2.75, 3.05) is 39.4 Å². The molecule has 34 heavy (non-hydrogen) atoms. The molecule has 0 radical (unpaired) electrons. The minimum absolute atomic E-state index is 0.00688. The fourth-order valence-corrected chi connectivity index (χ4v) is 5.39. The highest BCUT2D eigenvalue weighted by atomic mass is 35.5. The largest absolute Gasteiger partial charge is 0.375 e. The van der Waals surface area contributed by atoms with Gasteiger partial charge in [0.05, 0.1) is 24.3 Å². The molecule has 0 saturated carbocycles. The van der Waals surface area contributed by atoms with Crippen molar-refractivity contribution in [2.45, 2.75) is 29.8 Å². The highest BCUT2D eigenvalue weighted by molar-refractivity contribution is 8.00. The summed E-state index contributed by atoms with van der Waals surface area (Å²) in [4.78, 5) is 28.8. The van der Waals surface area contributed by atoms with E-state index in [0.717, 1.165) is 11.3 Å². The molecule has 0 spiro atoms. The van der Waals surface area contributed by atoms with E-state index in [0.29, 0.717) is 55.6 Å². The lowest BCUT2D eigenvalue weighted by atomic mass is 10.1. The number of thioether (sulfide) groups is 1. The lowest BCUT2D eigenvalue weighted by Gasteiger charge is -2.34. The maximum absolute atomic E-state index is 12.9. The van der Waals surface area contributed by atoms with Gasteiger partial charge in [0.1, 0.15) is 5.44 Å². The van der Waals surface area contributed by atoms with Gasteiger partial charge >= 0.3 is 0 Å². The molecule has 2 amide bonds. The van der Waals surface area contributed by atoms with Crippen LogP contribution in [0.15, 0.2) is 60.0 Å². The van der Waals surface area contributed by atoms with Gasteiger partial charge in [0.25, 0.3) is 5.91 Å². The molecule has 2 saturated heterocycles. The number of piperazine rings is 1. The summed E-state index contributed by atoms with van der Waals surface area (Å²) in [7, 11) is 0. The van der Waals surface area contributed by atoms with Gasteiger partial charge in [-0.3, -0.25) is 9.59 Å². The van der Waals surface area contributed by atoms with E-state index in [-0.39, 0.29) is 23.4 Å². The van der Waals surface area contributed by atoms with Crippen molar-refractivity contribution in [3.63, 3.8) is 0 Å². The second kappa shape index (κ2) is 11.4. The van der Waals surface area contributed by atoms with Gasteiger partial charge < -0.3 is 19.3 Å². The Balaban J connectivity index is 1.34. The highest BCUT2D eigenvalue weighted by Crippen LogP contribution is 2.35. The summed E-state index contributed by atoms with van der Waals surface area (Å²) in [5.74, 6) is -0.100. The van der Waals surface area contributed by atoms with Gasteiger partial charge in [-0.2, -0.15) is 0 Å². The Labute approximate surface area is 209 Å². The molecule has 6 nitrogen and oxygen atoms in total. The predicted molar refractivity (Wildman–Crippen MR) is 135 cm³/mol. The molecule has 0 aromatic heterocycles. The minimum Gasteiger partial charge on any atom is -0.375 e. The zero-order valence-electron chi connectivity index (χ0n) is 19.2. The normalized spacial score (nSPS) is 20.8. The monoisotopic (exact) mass is 500 g/mol. The molecule has 0 N–H and O–H groups in total. The molecule has 0 bridgehead atoms. The number of hydrogen-bond acceptors (Lipinski definition) is 5. The number of rotatable bonds is 6. The maximum atomic E-state index is 12.9. The van der Waals surface area contributed by atoms with Crippen LogP contribution in [0.2, 0.25) is 5.02 Å². The molecule has 2 atom stereocenters. The van der Waals surface area contributed by atoms with Gasteiger partial charge in [0.15, 0.2) is 0 Å². The van der Waals surface area contributed by atoms with Gasteiger partial charge in [-0.05, 0) is 23.3 Å². The van der Waals surface area contributed by atoms with Crippen LogP contribution in [-0.4, -0.2) is 72.5 Å². The molecule has 4 rings (SSSR count). The van der Waals surface area contributed by atoms with Gasteiger partial charge in [-0.1, -0.05) is 66.3 Å². The van der Waals surface area contributed by atoms with Gasteiger partial charge in [-0.15, -0.1) is 0 Å². The molecule has 2 fully saturated rings. The van der Waals surface area contributed by atoms with Crippen molar-refractivity contribution in [1.29, 1.82) is 0 Å². The lowest BCUT2D eigenvalue weighted by Crippen LogP contribution is -2.50. The summed E-state index contributed by atoms with van der Waals surface area (Å²) >= 11 is 8.10. The topological polar surface area (TPSA) is 59.1 Å². The van der Waals surface area contributed by atoms with Crippen molar-refractivity contribution in [1.82, 2.24) is 9.80 Å². The summed E-state index contributed by atoms with van der Waals surface area (Å²) in [6, 6.07) is 15.8. The zero-order chi connectivity index (χ0) is 24.1. The maximum Gasteiger partial charge on any atom is 0.253 e. The van der Waals surface area contributed by atoms with Crippen LogP contribution < -0.4 is 0 Å². The first-order valence-electron chi connectivity index (χ1n) is 11.4. The van der Waals surface area contributed by atoms with Gasteiger partial charge in [0, 0.05) is 50.0 Å². The molecule has 2 heterocycles. The highest BCUT2D eigenvalue weighted by Gasteiger charge is 2.26. The van der Waals surface area contributed by atoms with E-state index in [9.17, 15) is 9.59 Å². The van der Waals surface area contributed by atoms with Crippen molar-refractivity contribution < 1.29 is 19.1 Å². The summed E-state index contributed by atoms with van der Waals surface area (Å²) in [6.07, 6.45) is 0.792. The van der Waals surface area contributed by atoms with Crippen LogP contribution in [0.4, 0.5) is 0 Å². The van der Waals surface area contributed by atoms with Crippen LogP contribution >= 0.6 is 23.4 Å². The minimum atomic E-state index is -0.159. The first kappa shape index (κ1) is 24.8. The molecule has 2 aliphatic rings. The van der Waals surface area contributed by atoms with E-state index in [2.05, 4.69) is 18.7 Å². The van der Waals surface area contributed by atoms with E-state index < -0.39 is 0 Å². The fourth-order valence-electron chi connectivity index (χ4n) is 4.10. The number of amides is 2. The second-order valence-corrected chi connectivity index (χ2v) is 10.1. The molecule has 180 valence electrons. The first-order valence-corrected chi connectivity index (χ1v) is 12.6.